The molecular formula is C15H9Cl5N2O2. The number of halogens is 5. The molecule has 0 fully saturated rings. The van der Waals surface area contributed by atoms with Crippen molar-refractivity contribution in [3.63, 3.8) is 0 Å². The largest absolute Gasteiger partial charge is 0.482 e. The fourth-order valence-corrected chi connectivity index (χ4v) is 2.68. The summed E-state index contributed by atoms with van der Waals surface area (Å²) in [5.41, 5.74) is 2.78. The van der Waals surface area contributed by atoms with Gasteiger partial charge in [-0.2, -0.15) is 5.10 Å². The summed E-state index contributed by atoms with van der Waals surface area (Å²) in [6, 6.07) is 7.87. The predicted molar refractivity (Wildman–Crippen MR) is 99.2 cm³/mol. The monoisotopic (exact) mass is 424 g/mol. The molecule has 9 heteroatoms. The van der Waals surface area contributed by atoms with Crippen LogP contribution < -0.4 is 10.2 Å². The summed E-state index contributed by atoms with van der Waals surface area (Å²) < 4.78 is 5.27. The Morgan fingerprint density at radius 3 is 2.29 bits per heavy atom. The lowest BCUT2D eigenvalue weighted by Gasteiger charge is -2.08. The number of nitrogens with zero attached hydrogens (tertiary/aromatic N) is 1. The van der Waals surface area contributed by atoms with Gasteiger partial charge >= 0.3 is 0 Å². The van der Waals surface area contributed by atoms with Gasteiger partial charge in [0.05, 0.1) is 31.3 Å². The van der Waals surface area contributed by atoms with Crippen molar-refractivity contribution in [2.45, 2.75) is 0 Å². The van der Waals surface area contributed by atoms with Gasteiger partial charge in [-0.25, -0.2) is 5.43 Å². The molecule has 0 bridgehead atoms. The number of nitrogens with one attached hydrogen (secondary N) is 1. The van der Waals surface area contributed by atoms with Crippen molar-refractivity contribution >= 4 is 70.1 Å². The molecule has 2 aromatic carbocycles. The third-order valence-corrected chi connectivity index (χ3v) is 4.39. The molecule has 0 aliphatic heterocycles. The first-order chi connectivity index (χ1) is 11.4. The second kappa shape index (κ2) is 8.79. The first-order valence-electron chi connectivity index (χ1n) is 6.41. The van der Waals surface area contributed by atoms with Crippen LogP contribution in [0, 0.1) is 0 Å². The van der Waals surface area contributed by atoms with Gasteiger partial charge in [-0.05, 0) is 18.2 Å². The Morgan fingerprint density at radius 1 is 1.00 bits per heavy atom. The van der Waals surface area contributed by atoms with E-state index in [0.29, 0.717) is 20.6 Å². The molecule has 0 atom stereocenters. The molecule has 0 saturated heterocycles. The maximum absolute atomic E-state index is 11.7. The van der Waals surface area contributed by atoms with Gasteiger partial charge in [0.1, 0.15) is 5.75 Å². The first-order valence-corrected chi connectivity index (χ1v) is 8.30. The van der Waals surface area contributed by atoms with Gasteiger partial charge < -0.3 is 4.74 Å². The number of hydrogen-bond donors (Lipinski definition) is 1. The van der Waals surface area contributed by atoms with E-state index < -0.39 is 5.91 Å². The van der Waals surface area contributed by atoms with Gasteiger partial charge in [0.25, 0.3) is 5.91 Å². The average Bonchev–Trinajstić information content (AvgIpc) is 2.52. The Labute approximate surface area is 163 Å². The molecule has 24 heavy (non-hydrogen) atoms. The minimum Gasteiger partial charge on any atom is -0.482 e. The van der Waals surface area contributed by atoms with Gasteiger partial charge in [0, 0.05) is 11.6 Å². The summed E-state index contributed by atoms with van der Waals surface area (Å²) >= 11 is 29.6. The van der Waals surface area contributed by atoms with E-state index in [1.807, 2.05) is 0 Å². The minimum atomic E-state index is -0.503. The second-order valence-corrected chi connectivity index (χ2v) is 6.45. The molecule has 2 rings (SSSR count). The van der Waals surface area contributed by atoms with Crippen LogP contribution in [0.5, 0.6) is 5.75 Å². The van der Waals surface area contributed by atoms with E-state index >= 15 is 0 Å². The highest BCUT2D eigenvalue weighted by Gasteiger charge is 2.09. The van der Waals surface area contributed by atoms with Crippen LogP contribution in [0.15, 0.2) is 35.4 Å². The topological polar surface area (TPSA) is 50.7 Å². The van der Waals surface area contributed by atoms with Crippen LogP contribution in [0.1, 0.15) is 5.56 Å². The van der Waals surface area contributed by atoms with Crippen LogP contribution in [-0.2, 0) is 4.79 Å². The van der Waals surface area contributed by atoms with E-state index in [9.17, 15) is 4.79 Å². The molecule has 2 aromatic rings. The predicted octanol–water partition coefficient (Wildman–Crippen LogP) is 5.48. The molecule has 0 saturated carbocycles. The Morgan fingerprint density at radius 2 is 1.62 bits per heavy atom. The zero-order chi connectivity index (χ0) is 17.7. The Hall–Kier alpha value is -1.17. The molecule has 0 heterocycles. The van der Waals surface area contributed by atoms with Crippen LogP contribution in [0.4, 0.5) is 0 Å². The number of hydrazone groups is 1. The SMILES string of the molecule is O=C(COc1cc(Cl)c(Cl)cc1Cl)NN=Cc1c(Cl)cccc1Cl. The molecule has 0 unspecified atom stereocenters. The second-order valence-electron chi connectivity index (χ2n) is 4.41. The van der Waals surface area contributed by atoms with Crippen LogP contribution in [0.3, 0.4) is 0 Å². The number of benzene rings is 2. The van der Waals surface area contributed by atoms with Crippen molar-refractivity contribution in [3.8, 4) is 5.75 Å². The fourth-order valence-electron chi connectivity index (χ4n) is 1.59. The molecule has 0 spiro atoms. The van der Waals surface area contributed by atoms with E-state index in [2.05, 4.69) is 10.5 Å². The average molecular weight is 427 g/mol. The van der Waals surface area contributed by atoms with E-state index in [4.69, 9.17) is 62.7 Å². The maximum atomic E-state index is 11.7. The summed E-state index contributed by atoms with van der Waals surface area (Å²) in [4.78, 5) is 11.7. The Balaban J connectivity index is 1.92. The number of ether oxygens (including phenoxy) is 1. The van der Waals surface area contributed by atoms with Crippen molar-refractivity contribution in [2.75, 3.05) is 6.61 Å². The van der Waals surface area contributed by atoms with Crippen molar-refractivity contribution in [2.24, 2.45) is 5.10 Å². The van der Waals surface area contributed by atoms with Crippen molar-refractivity contribution in [3.05, 3.63) is 61.0 Å². The third kappa shape index (κ3) is 5.16. The third-order valence-electron chi connectivity index (χ3n) is 2.72. The van der Waals surface area contributed by atoms with Gasteiger partial charge in [0.2, 0.25) is 0 Å². The van der Waals surface area contributed by atoms with E-state index in [-0.39, 0.29) is 22.4 Å². The smallest absolute Gasteiger partial charge is 0.277 e. The highest BCUT2D eigenvalue weighted by atomic mass is 35.5. The Bertz CT molecular complexity index is 775. The normalized spacial score (nSPS) is 10.9. The van der Waals surface area contributed by atoms with Gasteiger partial charge in [0.15, 0.2) is 6.61 Å². The molecule has 126 valence electrons. The summed E-state index contributed by atoms with van der Waals surface area (Å²) in [7, 11) is 0. The molecule has 1 amide bonds. The summed E-state index contributed by atoms with van der Waals surface area (Å²) in [6.07, 6.45) is 1.34. The quantitative estimate of drug-likeness (QED) is 0.391. The number of carbonyl (C=O) groups is 1. The molecule has 4 nitrogen and oxygen atoms in total. The lowest BCUT2D eigenvalue weighted by molar-refractivity contribution is -0.123. The van der Waals surface area contributed by atoms with Gasteiger partial charge in [-0.3, -0.25) is 4.79 Å². The van der Waals surface area contributed by atoms with Crippen LogP contribution in [0.2, 0.25) is 25.1 Å². The highest BCUT2D eigenvalue weighted by Crippen LogP contribution is 2.33. The lowest BCUT2D eigenvalue weighted by atomic mass is 10.2. The summed E-state index contributed by atoms with van der Waals surface area (Å²) in [6.45, 7) is -0.314. The number of carbonyl (C=O) groups excluding carboxylic acids is 1. The number of amides is 1. The first kappa shape index (κ1) is 19.2. The Kier molecular flexibility index (Phi) is 7.02. The number of rotatable bonds is 5. The maximum Gasteiger partial charge on any atom is 0.277 e. The lowest BCUT2D eigenvalue weighted by Crippen LogP contribution is -2.24. The molecule has 0 aromatic heterocycles. The molecule has 0 aliphatic carbocycles. The van der Waals surface area contributed by atoms with E-state index in [1.54, 1.807) is 18.2 Å². The molecule has 0 radical (unpaired) electrons. The zero-order valence-electron chi connectivity index (χ0n) is 11.8. The van der Waals surface area contributed by atoms with Crippen LogP contribution >= 0.6 is 58.0 Å². The van der Waals surface area contributed by atoms with Crippen molar-refractivity contribution in [1.82, 2.24) is 5.43 Å². The van der Waals surface area contributed by atoms with Crippen molar-refractivity contribution in [1.29, 1.82) is 0 Å². The fraction of sp³-hybridized carbons (Fsp3) is 0.0667. The van der Waals surface area contributed by atoms with Gasteiger partial charge in [-0.1, -0.05) is 64.1 Å². The van der Waals surface area contributed by atoms with Crippen molar-refractivity contribution < 1.29 is 9.53 Å². The summed E-state index contributed by atoms with van der Waals surface area (Å²) in [5, 5.41) is 5.41. The van der Waals surface area contributed by atoms with Crippen LogP contribution in [0.25, 0.3) is 0 Å². The van der Waals surface area contributed by atoms with Crippen LogP contribution in [-0.4, -0.2) is 18.7 Å². The molecule has 0 aliphatic rings. The highest BCUT2D eigenvalue weighted by molar-refractivity contribution is 6.43. The van der Waals surface area contributed by atoms with E-state index in [0.717, 1.165) is 0 Å². The number of hydrogen-bond acceptors (Lipinski definition) is 3. The molecule has 1 N–H and O–H groups in total. The van der Waals surface area contributed by atoms with E-state index in [1.165, 1.54) is 18.3 Å². The molecular weight excluding hydrogens is 417 g/mol. The zero-order valence-corrected chi connectivity index (χ0v) is 15.6. The summed E-state index contributed by atoms with van der Waals surface area (Å²) in [5.74, 6) is -0.268. The standard InChI is InChI=1S/C15H9Cl5N2O2/c16-9-2-1-3-10(17)8(9)6-21-22-15(23)7-24-14-5-12(19)11(18)4-13(14)20/h1-6H,7H2,(H,22,23). The minimum absolute atomic E-state index is 0.236. The van der Waals surface area contributed by atoms with Gasteiger partial charge in [-0.15, -0.1) is 0 Å².